The van der Waals surface area contributed by atoms with Crippen LogP contribution >= 0.6 is 0 Å². The quantitative estimate of drug-likeness (QED) is 0.600. The van der Waals surface area contributed by atoms with Gasteiger partial charge in [0, 0.05) is 43.8 Å². The van der Waals surface area contributed by atoms with Crippen molar-refractivity contribution in [1.29, 1.82) is 0 Å². The highest BCUT2D eigenvalue weighted by Gasteiger charge is 2.35. The van der Waals surface area contributed by atoms with Gasteiger partial charge >= 0.3 is 6.18 Å². The van der Waals surface area contributed by atoms with Crippen LogP contribution in [0.25, 0.3) is 0 Å². The van der Waals surface area contributed by atoms with E-state index < -0.39 is 17.6 Å². The molecule has 1 amide bonds. The van der Waals surface area contributed by atoms with Gasteiger partial charge in [0.25, 0.3) is 5.91 Å². The number of rotatable bonds is 6. The predicted octanol–water partition coefficient (Wildman–Crippen LogP) is 4.11. The van der Waals surface area contributed by atoms with Gasteiger partial charge in [0.15, 0.2) is 0 Å². The molecule has 1 aliphatic rings. The summed E-state index contributed by atoms with van der Waals surface area (Å²) in [7, 11) is 1.85. The van der Waals surface area contributed by atoms with Gasteiger partial charge in [-0.25, -0.2) is 4.98 Å². The summed E-state index contributed by atoms with van der Waals surface area (Å²) < 4.78 is 53.9. The Morgan fingerprint density at radius 3 is 2.52 bits per heavy atom. The minimum absolute atomic E-state index is 0.213. The number of aromatic nitrogens is 2. The van der Waals surface area contributed by atoms with E-state index in [1.807, 2.05) is 16.5 Å². The number of hydrogen-bond acceptors (Lipinski definition) is 5. The number of nitrogens with zero attached hydrogens (tertiary/aromatic N) is 3. The van der Waals surface area contributed by atoms with Crippen molar-refractivity contribution in [1.82, 2.24) is 9.55 Å². The number of morpholine rings is 1. The van der Waals surface area contributed by atoms with Crippen molar-refractivity contribution in [3.8, 4) is 5.75 Å². The van der Waals surface area contributed by atoms with Crippen LogP contribution in [0.1, 0.15) is 21.7 Å². The molecule has 0 radical (unpaired) electrons. The summed E-state index contributed by atoms with van der Waals surface area (Å²) in [6.07, 6.45) is -1.16. The van der Waals surface area contributed by atoms with Gasteiger partial charge in [-0.1, -0.05) is 0 Å². The summed E-state index contributed by atoms with van der Waals surface area (Å²) in [5.74, 6) is 0.604. The molecule has 1 fully saturated rings. The lowest BCUT2D eigenvalue weighted by atomic mass is 10.1. The molecule has 1 aliphatic heterocycles. The maximum atomic E-state index is 13.7. The second-order valence-electron chi connectivity index (χ2n) is 7.55. The van der Waals surface area contributed by atoms with E-state index >= 15 is 0 Å². The minimum atomic E-state index is -4.62. The van der Waals surface area contributed by atoms with E-state index in [0.29, 0.717) is 37.7 Å². The van der Waals surface area contributed by atoms with Gasteiger partial charge < -0.3 is 24.3 Å². The van der Waals surface area contributed by atoms with E-state index in [9.17, 15) is 18.0 Å². The first-order valence-corrected chi connectivity index (χ1v) is 10.4. The molecule has 1 saturated heterocycles. The third-order valence-corrected chi connectivity index (χ3v) is 5.34. The molecule has 0 unspecified atom stereocenters. The zero-order valence-electron chi connectivity index (χ0n) is 17.9. The van der Waals surface area contributed by atoms with Gasteiger partial charge in [0.2, 0.25) is 0 Å². The Kier molecular flexibility index (Phi) is 6.55. The third-order valence-electron chi connectivity index (χ3n) is 5.34. The molecular formula is C23H23F3N4O3. The lowest BCUT2D eigenvalue weighted by molar-refractivity contribution is -0.136. The molecule has 1 N–H and O–H groups in total. The zero-order chi connectivity index (χ0) is 23.4. The van der Waals surface area contributed by atoms with Crippen LogP contribution in [-0.2, 0) is 24.6 Å². The molecule has 33 heavy (non-hydrogen) atoms. The Hall–Kier alpha value is -3.53. The Morgan fingerprint density at radius 2 is 1.88 bits per heavy atom. The van der Waals surface area contributed by atoms with Gasteiger partial charge in [-0.3, -0.25) is 4.79 Å². The number of benzene rings is 2. The smallest absolute Gasteiger partial charge is 0.418 e. The second kappa shape index (κ2) is 9.53. The van der Waals surface area contributed by atoms with Crippen LogP contribution in [0.5, 0.6) is 5.75 Å². The fraction of sp³-hybridized carbons (Fsp3) is 0.304. The van der Waals surface area contributed by atoms with E-state index in [4.69, 9.17) is 9.47 Å². The van der Waals surface area contributed by atoms with Crippen LogP contribution in [0.4, 0.5) is 24.5 Å². The number of anilines is 2. The van der Waals surface area contributed by atoms with Crippen LogP contribution in [-0.4, -0.2) is 41.8 Å². The number of carbonyl (C=O) groups is 1. The largest absolute Gasteiger partial charge is 0.486 e. The van der Waals surface area contributed by atoms with Crippen molar-refractivity contribution in [3.63, 3.8) is 0 Å². The number of halogens is 3. The maximum Gasteiger partial charge on any atom is 0.418 e. The Labute approximate surface area is 188 Å². The SMILES string of the molecule is Cn1ccnc1COc1ccc(C(=O)Nc2ccc(N3CCOCC3)cc2C(F)(F)F)cc1. The van der Waals surface area contributed by atoms with E-state index in [2.05, 4.69) is 10.3 Å². The molecule has 2 heterocycles. The van der Waals surface area contributed by atoms with Gasteiger partial charge in [-0.05, 0) is 42.5 Å². The first kappa shape index (κ1) is 22.7. The van der Waals surface area contributed by atoms with Crippen molar-refractivity contribution in [2.75, 3.05) is 36.5 Å². The number of carbonyl (C=O) groups excluding carboxylic acids is 1. The molecular weight excluding hydrogens is 437 g/mol. The zero-order valence-corrected chi connectivity index (χ0v) is 17.9. The van der Waals surface area contributed by atoms with Crippen LogP contribution < -0.4 is 15.0 Å². The fourth-order valence-electron chi connectivity index (χ4n) is 3.47. The number of imidazole rings is 1. The normalized spacial score (nSPS) is 14.2. The molecule has 3 aromatic rings. The first-order chi connectivity index (χ1) is 15.8. The topological polar surface area (TPSA) is 68.6 Å². The summed E-state index contributed by atoms with van der Waals surface area (Å²) in [5.41, 5.74) is -0.531. The fourth-order valence-corrected chi connectivity index (χ4v) is 3.47. The summed E-state index contributed by atoms with van der Waals surface area (Å²) in [6, 6.07) is 10.1. The summed E-state index contributed by atoms with van der Waals surface area (Å²) in [6.45, 7) is 2.19. The van der Waals surface area contributed by atoms with Crippen molar-refractivity contribution in [2.24, 2.45) is 7.05 Å². The number of nitrogens with one attached hydrogen (secondary N) is 1. The molecule has 2 aromatic carbocycles. The molecule has 0 atom stereocenters. The molecule has 0 bridgehead atoms. The van der Waals surface area contributed by atoms with Crippen molar-refractivity contribution < 1.29 is 27.4 Å². The lowest BCUT2D eigenvalue weighted by Crippen LogP contribution is -2.36. The number of amides is 1. The van der Waals surface area contributed by atoms with Crippen molar-refractivity contribution in [3.05, 3.63) is 71.8 Å². The Morgan fingerprint density at radius 1 is 1.15 bits per heavy atom. The predicted molar refractivity (Wildman–Crippen MR) is 116 cm³/mol. The highest BCUT2D eigenvalue weighted by Crippen LogP contribution is 2.37. The van der Waals surface area contributed by atoms with Crippen LogP contribution in [0.3, 0.4) is 0 Å². The summed E-state index contributed by atoms with van der Waals surface area (Å²) in [4.78, 5) is 18.6. The van der Waals surface area contributed by atoms with Crippen LogP contribution in [0.15, 0.2) is 54.9 Å². The molecule has 0 saturated carbocycles. The van der Waals surface area contributed by atoms with E-state index in [1.165, 1.54) is 18.2 Å². The van der Waals surface area contributed by atoms with Gasteiger partial charge in [0.05, 0.1) is 24.5 Å². The average molecular weight is 460 g/mol. The van der Waals surface area contributed by atoms with Crippen molar-refractivity contribution >= 4 is 17.3 Å². The monoisotopic (exact) mass is 460 g/mol. The molecule has 174 valence electrons. The van der Waals surface area contributed by atoms with Crippen LogP contribution in [0, 0.1) is 0 Å². The molecule has 10 heteroatoms. The molecule has 1 aromatic heterocycles. The van der Waals surface area contributed by atoms with Crippen LogP contribution in [0.2, 0.25) is 0 Å². The minimum Gasteiger partial charge on any atom is -0.486 e. The van der Waals surface area contributed by atoms with E-state index in [0.717, 1.165) is 11.9 Å². The highest BCUT2D eigenvalue weighted by atomic mass is 19.4. The molecule has 0 aliphatic carbocycles. The Bertz CT molecular complexity index is 1110. The summed E-state index contributed by atoms with van der Waals surface area (Å²) in [5, 5.41) is 2.39. The maximum absolute atomic E-state index is 13.7. The number of ether oxygens (including phenoxy) is 2. The number of alkyl halides is 3. The van der Waals surface area contributed by atoms with E-state index in [-0.39, 0.29) is 17.9 Å². The van der Waals surface area contributed by atoms with Crippen molar-refractivity contribution in [2.45, 2.75) is 12.8 Å². The van der Waals surface area contributed by atoms with Gasteiger partial charge in [-0.2, -0.15) is 13.2 Å². The standard InChI is InChI=1S/C23H23F3N4O3/c1-29-9-8-27-21(29)15-33-18-5-2-16(3-6-18)22(31)28-20-7-4-17(14-19(20)23(24,25)26)30-10-12-32-13-11-30/h2-9,14H,10-13,15H2,1H3,(H,28,31). The molecule has 0 spiro atoms. The van der Waals surface area contributed by atoms with Gasteiger partial charge in [-0.15, -0.1) is 0 Å². The average Bonchev–Trinajstić information content (AvgIpc) is 3.22. The third kappa shape index (κ3) is 5.46. The molecule has 7 nitrogen and oxygen atoms in total. The summed E-state index contributed by atoms with van der Waals surface area (Å²) >= 11 is 0. The Balaban J connectivity index is 1.46. The lowest BCUT2D eigenvalue weighted by Gasteiger charge is -2.29. The number of aryl methyl sites for hydroxylation is 1. The first-order valence-electron chi connectivity index (χ1n) is 10.4. The molecule has 4 rings (SSSR count). The highest BCUT2D eigenvalue weighted by molar-refractivity contribution is 6.04. The van der Waals surface area contributed by atoms with Gasteiger partial charge in [0.1, 0.15) is 18.2 Å². The second-order valence-corrected chi connectivity index (χ2v) is 7.55. The number of hydrogen-bond donors (Lipinski definition) is 1. The van der Waals surface area contributed by atoms with E-state index in [1.54, 1.807) is 30.6 Å².